The molecule has 0 radical (unpaired) electrons. The Balaban J connectivity index is 0.000000254. The third kappa shape index (κ3) is 5.24. The number of halogens is 2. The molecule has 8 heteroatoms. The quantitative estimate of drug-likeness (QED) is 0.704. The molecule has 128 valence electrons. The molecule has 2 aromatic rings. The SMILES string of the molecule is COc1ccc(Br)c(OC)c1C(=O)O.O=C(O)c1ccc(Br)cc1. The number of aromatic carboxylic acids is 2. The molecule has 6 nitrogen and oxygen atoms in total. The first kappa shape index (κ1) is 20.0. The number of carboxylic acids is 2. The Morgan fingerprint density at radius 1 is 0.875 bits per heavy atom. The van der Waals surface area contributed by atoms with Crippen molar-refractivity contribution in [1.29, 1.82) is 0 Å². The van der Waals surface area contributed by atoms with Crippen LogP contribution in [0, 0.1) is 0 Å². The van der Waals surface area contributed by atoms with Crippen LogP contribution in [-0.2, 0) is 0 Å². The van der Waals surface area contributed by atoms with E-state index < -0.39 is 11.9 Å². The van der Waals surface area contributed by atoms with Crippen LogP contribution in [0.2, 0.25) is 0 Å². The van der Waals surface area contributed by atoms with Gasteiger partial charge in [-0.05, 0) is 52.3 Å². The van der Waals surface area contributed by atoms with Gasteiger partial charge < -0.3 is 19.7 Å². The van der Waals surface area contributed by atoms with E-state index in [1.807, 2.05) is 0 Å². The molecule has 0 unspecified atom stereocenters. The Bertz CT molecular complexity index is 728. The molecule has 2 N–H and O–H groups in total. The predicted octanol–water partition coefficient (Wildman–Crippen LogP) is 4.31. The van der Waals surface area contributed by atoms with Crippen molar-refractivity contribution in [2.24, 2.45) is 0 Å². The second-order valence-electron chi connectivity index (χ2n) is 4.28. The van der Waals surface area contributed by atoms with Gasteiger partial charge in [-0.15, -0.1) is 0 Å². The first-order valence-corrected chi connectivity index (χ1v) is 8.03. The normalized spacial score (nSPS) is 9.50. The van der Waals surface area contributed by atoms with Gasteiger partial charge in [0.2, 0.25) is 0 Å². The standard InChI is InChI=1S/C9H9BrO4.C7H5BrO2/c1-13-6-4-3-5(10)8(14-2)7(6)9(11)12;8-6-3-1-5(2-4-6)7(9)10/h3-4H,1-2H3,(H,11,12);1-4H,(H,9,10). The second kappa shape index (κ2) is 9.29. The maximum Gasteiger partial charge on any atom is 0.343 e. The minimum atomic E-state index is -1.08. The molecule has 0 atom stereocenters. The molecule has 0 fully saturated rings. The zero-order valence-electron chi connectivity index (χ0n) is 12.7. The highest BCUT2D eigenvalue weighted by Crippen LogP contribution is 2.35. The predicted molar refractivity (Wildman–Crippen MR) is 95.3 cm³/mol. The van der Waals surface area contributed by atoms with E-state index in [0.717, 1.165) is 4.47 Å². The summed E-state index contributed by atoms with van der Waals surface area (Å²) in [6.07, 6.45) is 0. The van der Waals surface area contributed by atoms with E-state index in [1.54, 1.807) is 36.4 Å². The molecule has 2 aromatic carbocycles. The molecule has 0 aliphatic heterocycles. The van der Waals surface area contributed by atoms with Crippen LogP contribution >= 0.6 is 31.9 Å². The van der Waals surface area contributed by atoms with E-state index in [4.69, 9.17) is 19.7 Å². The summed E-state index contributed by atoms with van der Waals surface area (Å²) in [6, 6.07) is 9.73. The molecule has 0 amide bonds. The highest BCUT2D eigenvalue weighted by atomic mass is 79.9. The van der Waals surface area contributed by atoms with Crippen LogP contribution in [0.5, 0.6) is 11.5 Å². The summed E-state index contributed by atoms with van der Waals surface area (Å²) in [5, 5.41) is 17.4. The number of benzene rings is 2. The summed E-state index contributed by atoms with van der Waals surface area (Å²) in [5.41, 5.74) is 0.326. The van der Waals surface area contributed by atoms with Crippen LogP contribution in [0.4, 0.5) is 0 Å². The van der Waals surface area contributed by atoms with E-state index in [0.29, 0.717) is 10.0 Å². The van der Waals surface area contributed by atoms with E-state index in [1.165, 1.54) is 14.2 Å². The van der Waals surface area contributed by atoms with Gasteiger partial charge in [0, 0.05) is 4.47 Å². The topological polar surface area (TPSA) is 93.1 Å². The van der Waals surface area contributed by atoms with Crippen molar-refractivity contribution in [3.05, 3.63) is 56.5 Å². The van der Waals surface area contributed by atoms with Crippen LogP contribution in [0.25, 0.3) is 0 Å². The zero-order chi connectivity index (χ0) is 18.3. The average molecular weight is 462 g/mol. The van der Waals surface area contributed by atoms with Gasteiger partial charge in [0.1, 0.15) is 11.3 Å². The highest BCUT2D eigenvalue weighted by Gasteiger charge is 2.19. The largest absolute Gasteiger partial charge is 0.496 e. The highest BCUT2D eigenvalue weighted by molar-refractivity contribution is 9.10. The van der Waals surface area contributed by atoms with E-state index in [2.05, 4.69) is 31.9 Å². The molecule has 0 bridgehead atoms. The number of hydrogen-bond acceptors (Lipinski definition) is 4. The molecule has 0 saturated carbocycles. The third-order valence-corrected chi connectivity index (χ3v) is 3.95. The fraction of sp³-hybridized carbons (Fsp3) is 0.125. The Morgan fingerprint density at radius 2 is 1.46 bits per heavy atom. The van der Waals surface area contributed by atoms with Crippen molar-refractivity contribution in [3.8, 4) is 11.5 Å². The molecular weight excluding hydrogens is 448 g/mol. The molecule has 24 heavy (non-hydrogen) atoms. The van der Waals surface area contributed by atoms with Gasteiger partial charge in [0.15, 0.2) is 5.75 Å². The Morgan fingerprint density at radius 3 is 1.88 bits per heavy atom. The molecule has 0 heterocycles. The minimum Gasteiger partial charge on any atom is -0.496 e. The van der Waals surface area contributed by atoms with Crippen molar-refractivity contribution in [3.63, 3.8) is 0 Å². The summed E-state index contributed by atoms with van der Waals surface area (Å²) in [6.45, 7) is 0. The van der Waals surface area contributed by atoms with Gasteiger partial charge >= 0.3 is 11.9 Å². The molecule has 0 aromatic heterocycles. The summed E-state index contributed by atoms with van der Waals surface area (Å²) >= 11 is 6.40. The van der Waals surface area contributed by atoms with Crippen molar-refractivity contribution < 1.29 is 29.3 Å². The summed E-state index contributed by atoms with van der Waals surface area (Å²) in [7, 11) is 2.82. The van der Waals surface area contributed by atoms with Crippen LogP contribution in [-0.4, -0.2) is 36.4 Å². The summed E-state index contributed by atoms with van der Waals surface area (Å²) < 4.78 is 11.4. The monoisotopic (exact) mass is 460 g/mol. The summed E-state index contributed by atoms with van der Waals surface area (Å²) in [4.78, 5) is 21.2. The number of rotatable bonds is 4. The lowest BCUT2D eigenvalue weighted by atomic mass is 10.2. The Kier molecular flexibility index (Phi) is 7.73. The first-order chi connectivity index (χ1) is 11.3. The molecule has 0 saturated heterocycles. The van der Waals surface area contributed by atoms with Crippen molar-refractivity contribution in [2.75, 3.05) is 14.2 Å². The number of carboxylic acid groups (broad SMARTS) is 2. The summed E-state index contributed by atoms with van der Waals surface area (Å²) in [5.74, 6) is -1.44. The molecule has 0 spiro atoms. The second-order valence-corrected chi connectivity index (χ2v) is 6.05. The van der Waals surface area contributed by atoms with Gasteiger partial charge in [-0.2, -0.15) is 0 Å². The van der Waals surface area contributed by atoms with Crippen LogP contribution in [0.15, 0.2) is 45.3 Å². The van der Waals surface area contributed by atoms with Gasteiger partial charge in [0.25, 0.3) is 0 Å². The van der Waals surface area contributed by atoms with Crippen LogP contribution in [0.1, 0.15) is 20.7 Å². The van der Waals surface area contributed by atoms with E-state index in [9.17, 15) is 9.59 Å². The lowest BCUT2D eigenvalue weighted by Gasteiger charge is -2.10. The zero-order valence-corrected chi connectivity index (χ0v) is 15.9. The Labute approximate surface area is 155 Å². The van der Waals surface area contributed by atoms with Gasteiger partial charge in [-0.1, -0.05) is 15.9 Å². The molecular formula is C16H14Br2O6. The average Bonchev–Trinajstić information content (AvgIpc) is 2.55. The van der Waals surface area contributed by atoms with Crippen LogP contribution in [0.3, 0.4) is 0 Å². The van der Waals surface area contributed by atoms with Crippen LogP contribution < -0.4 is 9.47 Å². The first-order valence-electron chi connectivity index (χ1n) is 6.44. The lowest BCUT2D eigenvalue weighted by molar-refractivity contribution is 0.0681. The minimum absolute atomic E-state index is 0.0179. The molecule has 0 aliphatic carbocycles. The van der Waals surface area contributed by atoms with Gasteiger partial charge in [0.05, 0.1) is 24.3 Å². The van der Waals surface area contributed by atoms with Crippen molar-refractivity contribution in [1.82, 2.24) is 0 Å². The van der Waals surface area contributed by atoms with Crippen molar-refractivity contribution >= 4 is 43.8 Å². The molecule has 2 rings (SSSR count). The van der Waals surface area contributed by atoms with Gasteiger partial charge in [-0.25, -0.2) is 9.59 Å². The smallest absolute Gasteiger partial charge is 0.343 e. The number of carbonyl (C=O) groups is 2. The van der Waals surface area contributed by atoms with Gasteiger partial charge in [-0.3, -0.25) is 0 Å². The van der Waals surface area contributed by atoms with E-state index in [-0.39, 0.29) is 17.1 Å². The fourth-order valence-corrected chi connectivity index (χ4v) is 2.46. The lowest BCUT2D eigenvalue weighted by Crippen LogP contribution is -2.04. The number of ether oxygens (including phenoxy) is 2. The van der Waals surface area contributed by atoms with Crippen molar-refractivity contribution in [2.45, 2.75) is 0 Å². The fourth-order valence-electron chi connectivity index (χ4n) is 1.70. The third-order valence-electron chi connectivity index (χ3n) is 2.80. The number of methoxy groups -OCH3 is 2. The maximum absolute atomic E-state index is 10.9. The van der Waals surface area contributed by atoms with E-state index >= 15 is 0 Å². The maximum atomic E-state index is 10.9. The Hall–Kier alpha value is -2.06. The molecule has 0 aliphatic rings. The number of hydrogen-bond donors (Lipinski definition) is 2.